The summed E-state index contributed by atoms with van der Waals surface area (Å²) in [5.41, 5.74) is 0.432. The fourth-order valence-corrected chi connectivity index (χ4v) is 5.36. The van der Waals surface area contributed by atoms with E-state index in [0.29, 0.717) is 6.42 Å². The van der Waals surface area contributed by atoms with Gasteiger partial charge in [-0.15, -0.1) is 0 Å². The fraction of sp³-hybridized carbons (Fsp3) is 0.760. The van der Waals surface area contributed by atoms with Gasteiger partial charge < -0.3 is 30.1 Å². The molecule has 1 amide bonds. The highest BCUT2D eigenvalue weighted by atomic mass is 31.2. The van der Waals surface area contributed by atoms with Crippen molar-refractivity contribution in [1.82, 2.24) is 19.5 Å². The molecule has 3 heterocycles. The zero-order valence-electron chi connectivity index (χ0n) is 22.5. The second-order valence-electron chi connectivity index (χ2n) is 10.0. The first-order valence-electron chi connectivity index (χ1n) is 13.9. The van der Waals surface area contributed by atoms with Crippen LogP contribution < -0.4 is 5.32 Å². The van der Waals surface area contributed by atoms with Gasteiger partial charge in [0.05, 0.1) is 12.9 Å². The van der Waals surface area contributed by atoms with Gasteiger partial charge in [0.15, 0.2) is 23.2 Å². The van der Waals surface area contributed by atoms with Crippen molar-refractivity contribution in [2.45, 2.75) is 115 Å². The highest BCUT2D eigenvalue weighted by Crippen LogP contribution is 2.45. The van der Waals surface area contributed by atoms with Crippen molar-refractivity contribution in [1.29, 1.82) is 0 Å². The first kappa shape index (κ1) is 31.5. The monoisotopic (exact) mass is 571 g/mol. The Balaban J connectivity index is 1.48. The van der Waals surface area contributed by atoms with Gasteiger partial charge in [-0.05, 0) is 6.42 Å². The van der Waals surface area contributed by atoms with Crippen molar-refractivity contribution >= 4 is 30.7 Å². The number of hydrogen-bond acceptors (Lipinski definition) is 9. The van der Waals surface area contributed by atoms with Gasteiger partial charge in [0.1, 0.15) is 24.6 Å². The lowest BCUT2D eigenvalue weighted by molar-refractivity contribution is -0.116. The number of carbonyl (C=O) groups excluding carboxylic acids is 1. The maximum absolute atomic E-state index is 12.5. The lowest BCUT2D eigenvalue weighted by atomic mass is 10.0. The molecule has 4 atom stereocenters. The third kappa shape index (κ3) is 9.56. The molecule has 0 unspecified atom stereocenters. The molecular formula is C25H42N5O8P. The molecule has 0 bridgehead atoms. The van der Waals surface area contributed by atoms with Crippen molar-refractivity contribution in [2.24, 2.45) is 0 Å². The maximum atomic E-state index is 12.5. The molecule has 14 heteroatoms. The Morgan fingerprint density at radius 1 is 1.03 bits per heavy atom. The molecule has 1 aliphatic heterocycles. The van der Waals surface area contributed by atoms with E-state index in [4.69, 9.17) is 9.26 Å². The average molecular weight is 572 g/mol. The number of hydrogen-bond donors (Lipinski definition) is 5. The maximum Gasteiger partial charge on any atom is 0.470 e. The minimum atomic E-state index is -4.99. The van der Waals surface area contributed by atoms with E-state index in [1.54, 1.807) is 0 Å². The largest absolute Gasteiger partial charge is 0.470 e. The van der Waals surface area contributed by atoms with Crippen molar-refractivity contribution in [3.63, 3.8) is 0 Å². The number of carbonyl (C=O) groups is 1. The van der Waals surface area contributed by atoms with E-state index in [2.05, 4.69) is 27.2 Å². The molecule has 0 radical (unpaired) electrons. The van der Waals surface area contributed by atoms with E-state index < -0.39 is 39.0 Å². The van der Waals surface area contributed by atoms with Crippen LogP contribution in [0.15, 0.2) is 12.7 Å². The first-order valence-corrected chi connectivity index (χ1v) is 15.4. The van der Waals surface area contributed by atoms with E-state index >= 15 is 0 Å². The van der Waals surface area contributed by atoms with Crippen LogP contribution >= 0.6 is 7.82 Å². The Bertz CT molecular complexity index is 1080. The smallest absolute Gasteiger partial charge is 0.394 e. The van der Waals surface area contributed by atoms with E-state index in [1.165, 1.54) is 75.0 Å². The van der Waals surface area contributed by atoms with Gasteiger partial charge in [0, 0.05) is 6.42 Å². The fourth-order valence-electron chi connectivity index (χ4n) is 4.82. The van der Waals surface area contributed by atoms with Gasteiger partial charge in [0.2, 0.25) is 5.91 Å². The van der Waals surface area contributed by atoms with Crippen molar-refractivity contribution in [3.05, 3.63) is 12.7 Å². The summed E-state index contributed by atoms with van der Waals surface area (Å²) < 4.78 is 23.1. The number of aliphatic hydroxyl groups is 2. The van der Waals surface area contributed by atoms with Crippen LogP contribution in [-0.4, -0.2) is 70.3 Å². The van der Waals surface area contributed by atoms with Crippen molar-refractivity contribution < 1.29 is 38.6 Å². The van der Waals surface area contributed by atoms with E-state index in [0.717, 1.165) is 19.3 Å². The number of fused-ring (bicyclic) bond motifs is 1. The van der Waals surface area contributed by atoms with Crippen LogP contribution in [-0.2, 0) is 18.6 Å². The number of aromatic nitrogens is 4. The Kier molecular flexibility index (Phi) is 12.7. The molecular weight excluding hydrogens is 529 g/mol. The van der Waals surface area contributed by atoms with Crippen LogP contribution in [0, 0.1) is 0 Å². The first-order chi connectivity index (χ1) is 18.7. The van der Waals surface area contributed by atoms with Crippen molar-refractivity contribution in [3.8, 4) is 0 Å². The van der Waals surface area contributed by atoms with Crippen molar-refractivity contribution in [2.75, 3.05) is 11.9 Å². The molecule has 0 aliphatic carbocycles. The zero-order chi connectivity index (χ0) is 28.3. The van der Waals surface area contributed by atoms with Gasteiger partial charge in [-0.25, -0.2) is 19.5 Å². The van der Waals surface area contributed by atoms with Crippen LogP contribution in [0.25, 0.3) is 11.2 Å². The number of nitrogens with zero attached hydrogens (tertiary/aromatic N) is 4. The molecule has 2 aromatic rings. The summed E-state index contributed by atoms with van der Waals surface area (Å²) in [6, 6.07) is 0. The van der Waals surface area contributed by atoms with Crippen LogP contribution in [0.1, 0.15) is 96.6 Å². The SMILES string of the molecule is CCCCCCCCCCCCCCC(=O)Nc1ncnc2c1ncn2[C@@H]1O[C@H](CO)[C@@H](O)[C@H]1OP(=O)(O)O. The molecule has 0 spiro atoms. The molecule has 3 rings (SSSR count). The number of ether oxygens (including phenoxy) is 1. The quantitative estimate of drug-likeness (QED) is 0.130. The topological polar surface area (TPSA) is 189 Å². The van der Waals surface area contributed by atoms with Crippen LogP contribution in [0.3, 0.4) is 0 Å². The predicted molar refractivity (Wildman–Crippen MR) is 144 cm³/mol. The summed E-state index contributed by atoms with van der Waals surface area (Å²) in [5, 5.41) is 22.6. The number of rotatable bonds is 18. The van der Waals surface area contributed by atoms with Gasteiger partial charge in [-0.3, -0.25) is 13.9 Å². The molecule has 39 heavy (non-hydrogen) atoms. The number of aliphatic hydroxyl groups excluding tert-OH is 2. The van der Waals surface area contributed by atoms with E-state index in [-0.39, 0.29) is 22.9 Å². The molecule has 1 fully saturated rings. The van der Waals surface area contributed by atoms with Crippen LogP contribution in [0.2, 0.25) is 0 Å². The molecule has 0 aromatic carbocycles. The Morgan fingerprint density at radius 3 is 2.23 bits per heavy atom. The molecule has 1 aliphatic rings. The molecule has 13 nitrogen and oxygen atoms in total. The zero-order valence-corrected chi connectivity index (χ0v) is 23.4. The molecule has 5 N–H and O–H groups in total. The lowest BCUT2D eigenvalue weighted by Crippen LogP contribution is -2.34. The van der Waals surface area contributed by atoms with Crippen LogP contribution in [0.4, 0.5) is 5.82 Å². The standard InChI is InChI=1S/C25H42N5O8P/c1-2-3-4-5-6-7-8-9-10-11-12-13-14-19(32)29-23-20-24(27-16-26-23)30(17-28-20)25-22(38-39(34,35)36)21(33)18(15-31)37-25/h16-18,21-22,25,31,33H,2-15H2,1H3,(H2,34,35,36)(H,26,27,29,32)/t18-,21-,22-,25-/m1/s1. The summed E-state index contributed by atoms with van der Waals surface area (Å²) >= 11 is 0. The third-order valence-corrected chi connectivity index (χ3v) is 7.42. The normalized spacial score (nSPS) is 21.6. The predicted octanol–water partition coefficient (Wildman–Crippen LogP) is 3.58. The summed E-state index contributed by atoms with van der Waals surface area (Å²) in [7, 11) is -4.99. The Labute approximate surface area is 228 Å². The molecule has 0 saturated carbocycles. The van der Waals surface area contributed by atoms with Crippen LogP contribution in [0.5, 0.6) is 0 Å². The lowest BCUT2D eigenvalue weighted by Gasteiger charge is -2.22. The Hall–Kier alpha value is -1.99. The number of imidazole rings is 1. The van der Waals surface area contributed by atoms with Gasteiger partial charge in [0.25, 0.3) is 0 Å². The number of anilines is 1. The Morgan fingerprint density at radius 2 is 1.64 bits per heavy atom. The average Bonchev–Trinajstić information content (AvgIpc) is 3.45. The number of phosphoric ester groups is 1. The highest BCUT2D eigenvalue weighted by Gasteiger charge is 2.48. The highest BCUT2D eigenvalue weighted by molar-refractivity contribution is 7.46. The van der Waals surface area contributed by atoms with Gasteiger partial charge >= 0.3 is 7.82 Å². The molecule has 1 saturated heterocycles. The van der Waals surface area contributed by atoms with Gasteiger partial charge in [-0.1, -0.05) is 77.6 Å². The summed E-state index contributed by atoms with van der Waals surface area (Å²) in [6.07, 6.45) is 11.9. The number of unbranched alkanes of at least 4 members (excludes halogenated alkanes) is 11. The number of phosphoric acid groups is 1. The molecule has 220 valence electrons. The summed E-state index contributed by atoms with van der Waals surface area (Å²) in [6.45, 7) is 1.63. The van der Waals surface area contributed by atoms with E-state index in [1.807, 2.05) is 0 Å². The second-order valence-corrected chi connectivity index (χ2v) is 11.2. The third-order valence-electron chi connectivity index (χ3n) is 6.90. The van der Waals surface area contributed by atoms with E-state index in [9.17, 15) is 29.4 Å². The molecule has 2 aromatic heterocycles. The van der Waals surface area contributed by atoms with Gasteiger partial charge in [-0.2, -0.15) is 0 Å². The summed E-state index contributed by atoms with van der Waals surface area (Å²) in [4.78, 5) is 43.6. The number of nitrogens with one attached hydrogen (secondary N) is 1. The number of amides is 1. The summed E-state index contributed by atoms with van der Waals surface area (Å²) in [5.74, 6) is -0.0142. The minimum absolute atomic E-state index is 0.187. The minimum Gasteiger partial charge on any atom is -0.394 e. The second kappa shape index (κ2) is 15.7.